The molecule has 0 atom stereocenters. The SMILES string of the molecule is COc1ccc(-c2cn(-c3ccccc3)nc2C(=O)N(C)CCOc2ccccc2OC)cc1OC. The van der Waals surface area contributed by atoms with Crippen molar-refractivity contribution in [3.05, 3.63) is 84.7 Å². The van der Waals surface area contributed by atoms with Gasteiger partial charge in [0.15, 0.2) is 28.7 Å². The van der Waals surface area contributed by atoms with E-state index in [1.165, 1.54) is 0 Å². The summed E-state index contributed by atoms with van der Waals surface area (Å²) in [7, 11) is 6.49. The summed E-state index contributed by atoms with van der Waals surface area (Å²) < 4.78 is 23.7. The van der Waals surface area contributed by atoms with Crippen LogP contribution in [0.4, 0.5) is 0 Å². The molecule has 0 saturated heterocycles. The van der Waals surface area contributed by atoms with Gasteiger partial charge in [-0.2, -0.15) is 5.10 Å². The fourth-order valence-electron chi connectivity index (χ4n) is 3.77. The highest BCUT2D eigenvalue weighted by Gasteiger charge is 2.23. The molecular weight excluding hydrogens is 458 g/mol. The van der Waals surface area contributed by atoms with Gasteiger partial charge in [-0.15, -0.1) is 0 Å². The molecule has 8 heteroatoms. The van der Waals surface area contributed by atoms with Crippen molar-refractivity contribution >= 4 is 5.91 Å². The minimum Gasteiger partial charge on any atom is -0.493 e. The molecule has 3 aromatic carbocycles. The molecule has 1 amide bonds. The molecule has 0 radical (unpaired) electrons. The minimum absolute atomic E-state index is 0.224. The number of hydrogen-bond donors (Lipinski definition) is 0. The van der Waals surface area contributed by atoms with Crippen LogP contribution in [0.3, 0.4) is 0 Å². The maximum Gasteiger partial charge on any atom is 0.274 e. The topological polar surface area (TPSA) is 75.1 Å². The standard InChI is InChI=1S/C28H29N3O5/c1-30(16-17-36-25-13-9-8-12-23(25)33-2)28(32)27-22(19-31(29-27)21-10-6-5-7-11-21)20-14-15-24(34-3)26(18-20)35-4/h5-15,18-19H,16-17H2,1-4H3. The highest BCUT2D eigenvalue weighted by Crippen LogP contribution is 2.34. The van der Waals surface area contributed by atoms with E-state index in [4.69, 9.17) is 18.9 Å². The van der Waals surface area contributed by atoms with Gasteiger partial charge >= 0.3 is 0 Å². The van der Waals surface area contributed by atoms with E-state index < -0.39 is 0 Å². The van der Waals surface area contributed by atoms with Gasteiger partial charge in [0.05, 0.1) is 33.6 Å². The van der Waals surface area contributed by atoms with Crippen molar-refractivity contribution in [3.63, 3.8) is 0 Å². The molecule has 186 valence electrons. The smallest absolute Gasteiger partial charge is 0.274 e. The zero-order valence-electron chi connectivity index (χ0n) is 20.8. The van der Waals surface area contributed by atoms with Crippen molar-refractivity contribution in [1.29, 1.82) is 0 Å². The van der Waals surface area contributed by atoms with Gasteiger partial charge in [0.2, 0.25) is 0 Å². The van der Waals surface area contributed by atoms with Crippen LogP contribution in [-0.4, -0.2) is 62.1 Å². The normalized spacial score (nSPS) is 10.6. The molecule has 0 bridgehead atoms. The molecule has 0 aliphatic rings. The van der Waals surface area contributed by atoms with Gasteiger partial charge in [-0.1, -0.05) is 36.4 Å². The lowest BCUT2D eigenvalue weighted by Gasteiger charge is -2.18. The molecule has 1 heterocycles. The number of ether oxygens (including phenoxy) is 4. The Bertz CT molecular complexity index is 1320. The number of nitrogens with zero attached hydrogens (tertiary/aromatic N) is 3. The van der Waals surface area contributed by atoms with Crippen LogP contribution in [0.25, 0.3) is 16.8 Å². The summed E-state index contributed by atoms with van der Waals surface area (Å²) in [6.07, 6.45) is 1.85. The number of likely N-dealkylation sites (N-methyl/N-ethyl adjacent to an activating group) is 1. The highest BCUT2D eigenvalue weighted by atomic mass is 16.5. The molecule has 4 rings (SSSR count). The zero-order valence-corrected chi connectivity index (χ0v) is 20.8. The first kappa shape index (κ1) is 24.7. The molecule has 36 heavy (non-hydrogen) atoms. The molecule has 0 spiro atoms. The largest absolute Gasteiger partial charge is 0.493 e. The zero-order chi connectivity index (χ0) is 25.5. The van der Waals surface area contributed by atoms with Crippen LogP contribution in [0.2, 0.25) is 0 Å². The maximum absolute atomic E-state index is 13.5. The van der Waals surface area contributed by atoms with E-state index in [1.807, 2.05) is 79.0 Å². The Morgan fingerprint density at radius 1 is 0.833 bits per heavy atom. The van der Waals surface area contributed by atoms with Crippen LogP contribution in [0.15, 0.2) is 79.0 Å². The summed E-state index contributed by atoms with van der Waals surface area (Å²) in [5, 5.41) is 4.66. The first-order valence-corrected chi connectivity index (χ1v) is 11.4. The average molecular weight is 488 g/mol. The van der Waals surface area contributed by atoms with E-state index >= 15 is 0 Å². The van der Waals surface area contributed by atoms with Gasteiger partial charge in [0.25, 0.3) is 5.91 Å². The predicted octanol–water partition coefficient (Wildman–Crippen LogP) is 4.72. The molecule has 0 saturated carbocycles. The fourth-order valence-corrected chi connectivity index (χ4v) is 3.77. The molecule has 0 N–H and O–H groups in total. The Labute approximate surface area is 210 Å². The van der Waals surface area contributed by atoms with Gasteiger partial charge < -0.3 is 23.8 Å². The lowest BCUT2D eigenvalue weighted by molar-refractivity contribution is 0.0767. The third kappa shape index (κ3) is 5.27. The van der Waals surface area contributed by atoms with Crippen LogP contribution in [0.5, 0.6) is 23.0 Å². The molecule has 0 aliphatic heterocycles. The molecule has 1 aromatic heterocycles. The molecular formula is C28H29N3O5. The van der Waals surface area contributed by atoms with Gasteiger partial charge in [0, 0.05) is 18.8 Å². The van der Waals surface area contributed by atoms with Crippen molar-refractivity contribution in [1.82, 2.24) is 14.7 Å². The maximum atomic E-state index is 13.5. The van der Waals surface area contributed by atoms with Crippen molar-refractivity contribution in [3.8, 4) is 39.8 Å². The summed E-state index contributed by atoms with van der Waals surface area (Å²) in [5.41, 5.74) is 2.64. The van der Waals surface area contributed by atoms with Gasteiger partial charge in [-0.25, -0.2) is 4.68 Å². The lowest BCUT2D eigenvalue weighted by atomic mass is 10.0. The van der Waals surface area contributed by atoms with Gasteiger partial charge in [-0.3, -0.25) is 4.79 Å². The van der Waals surface area contributed by atoms with Crippen LogP contribution < -0.4 is 18.9 Å². The van der Waals surface area contributed by atoms with E-state index in [-0.39, 0.29) is 5.91 Å². The molecule has 4 aromatic rings. The number of carbonyl (C=O) groups excluding carboxylic acids is 1. The average Bonchev–Trinajstić information content (AvgIpc) is 3.38. The Balaban J connectivity index is 1.61. The van der Waals surface area contributed by atoms with Crippen LogP contribution in [0.1, 0.15) is 10.5 Å². The number of benzene rings is 3. The summed E-state index contributed by atoms with van der Waals surface area (Å²) in [6, 6.07) is 22.6. The fraction of sp³-hybridized carbons (Fsp3) is 0.214. The van der Waals surface area contributed by atoms with Gasteiger partial charge in [0.1, 0.15) is 6.61 Å². The highest BCUT2D eigenvalue weighted by molar-refractivity contribution is 5.99. The molecule has 0 fully saturated rings. The van der Waals surface area contributed by atoms with Gasteiger partial charge in [-0.05, 0) is 42.0 Å². The number of rotatable bonds is 10. The number of hydrogen-bond acceptors (Lipinski definition) is 6. The van der Waals surface area contributed by atoms with Crippen molar-refractivity contribution in [2.24, 2.45) is 0 Å². The van der Waals surface area contributed by atoms with Crippen molar-refractivity contribution in [2.45, 2.75) is 0 Å². The summed E-state index contributed by atoms with van der Waals surface area (Å²) in [4.78, 5) is 15.1. The second-order valence-electron chi connectivity index (χ2n) is 7.97. The summed E-state index contributed by atoms with van der Waals surface area (Å²) in [5.74, 6) is 2.22. The lowest BCUT2D eigenvalue weighted by Crippen LogP contribution is -2.31. The van der Waals surface area contributed by atoms with Crippen LogP contribution >= 0.6 is 0 Å². The van der Waals surface area contributed by atoms with E-state index in [1.54, 1.807) is 38.0 Å². The molecule has 0 aliphatic carbocycles. The first-order valence-electron chi connectivity index (χ1n) is 11.4. The third-order valence-electron chi connectivity index (χ3n) is 5.73. The monoisotopic (exact) mass is 487 g/mol. The third-order valence-corrected chi connectivity index (χ3v) is 5.73. The van der Waals surface area contributed by atoms with E-state index in [0.717, 1.165) is 11.3 Å². The number of amides is 1. The Kier molecular flexibility index (Phi) is 7.75. The minimum atomic E-state index is -0.224. The first-order chi connectivity index (χ1) is 17.5. The Morgan fingerprint density at radius 2 is 1.47 bits per heavy atom. The second kappa shape index (κ2) is 11.3. The quantitative estimate of drug-likeness (QED) is 0.322. The second-order valence-corrected chi connectivity index (χ2v) is 7.97. The molecule has 8 nitrogen and oxygen atoms in total. The number of aromatic nitrogens is 2. The van der Waals surface area contributed by atoms with Crippen molar-refractivity contribution in [2.75, 3.05) is 41.5 Å². The summed E-state index contributed by atoms with van der Waals surface area (Å²) in [6.45, 7) is 0.661. The predicted molar refractivity (Wildman–Crippen MR) is 138 cm³/mol. The Hall–Kier alpha value is -4.46. The number of carbonyl (C=O) groups is 1. The number of para-hydroxylation sites is 3. The van der Waals surface area contributed by atoms with E-state index in [2.05, 4.69) is 5.10 Å². The molecule has 0 unspecified atom stereocenters. The summed E-state index contributed by atoms with van der Waals surface area (Å²) >= 11 is 0. The Morgan fingerprint density at radius 3 is 2.17 bits per heavy atom. The van der Waals surface area contributed by atoms with Crippen LogP contribution in [0, 0.1) is 0 Å². The van der Waals surface area contributed by atoms with Crippen molar-refractivity contribution < 1.29 is 23.7 Å². The number of methoxy groups -OCH3 is 3. The van der Waals surface area contributed by atoms with E-state index in [0.29, 0.717) is 47.4 Å². The van der Waals surface area contributed by atoms with Crippen LogP contribution in [-0.2, 0) is 0 Å². The van der Waals surface area contributed by atoms with E-state index in [9.17, 15) is 4.79 Å².